The van der Waals surface area contributed by atoms with Crippen LogP contribution in [0.3, 0.4) is 0 Å². The van der Waals surface area contributed by atoms with E-state index in [4.69, 9.17) is 14.7 Å². The fourth-order valence-electron chi connectivity index (χ4n) is 0. The first-order valence-corrected chi connectivity index (χ1v) is 3.44. The molecule has 3 N–H and O–H groups in total. The summed E-state index contributed by atoms with van der Waals surface area (Å²) in [5.41, 5.74) is 0. The quantitative estimate of drug-likeness (QED) is 0.265. The van der Waals surface area contributed by atoms with E-state index >= 15 is 0 Å². The zero-order valence-electron chi connectivity index (χ0n) is 2.20. The van der Waals surface area contributed by atoms with Gasteiger partial charge in [-0.05, 0) is 11.8 Å². The van der Waals surface area contributed by atoms with Gasteiger partial charge < -0.3 is 14.7 Å². The third-order valence-electron chi connectivity index (χ3n) is 0. The standard InChI is InChI=1S/Li.Mg.H3O3PS.3H/c;;1-4(2,3)5;;;/h;;(H3,1,2,3,5);;;. The molecule has 3 nitrogen and oxygen atoms in total. The molecule has 0 aromatic rings. The molecule has 0 saturated carbocycles. The van der Waals surface area contributed by atoms with Gasteiger partial charge in [-0.15, -0.1) is 0 Å². The first-order valence-electron chi connectivity index (χ1n) is 0.783. The van der Waals surface area contributed by atoms with Crippen molar-refractivity contribution in [3.05, 3.63) is 0 Å². The van der Waals surface area contributed by atoms with Crippen LogP contribution in [0.2, 0.25) is 0 Å². The van der Waals surface area contributed by atoms with Crippen molar-refractivity contribution in [3.63, 3.8) is 0 Å². The summed E-state index contributed by atoms with van der Waals surface area (Å²) in [5.74, 6) is 0. The Morgan fingerprint density at radius 2 is 1.14 bits per heavy atom. The predicted octanol–water partition coefficient (Wildman–Crippen LogP) is -2.38. The predicted molar refractivity (Wildman–Crippen MR) is 36.6 cm³/mol. The molecule has 0 atom stereocenters. The molecular formula is H6LiMgO3PS. The molecule has 0 aliphatic rings. The second kappa shape index (κ2) is 6.02. The van der Waals surface area contributed by atoms with E-state index in [-0.39, 0.29) is 41.9 Å². The Morgan fingerprint density at radius 3 is 1.14 bits per heavy atom. The number of hydrogen-bond donors (Lipinski definition) is 3. The van der Waals surface area contributed by atoms with E-state index in [9.17, 15) is 0 Å². The molecule has 0 rings (SSSR count). The van der Waals surface area contributed by atoms with Crippen LogP contribution >= 0.6 is 6.72 Å². The Bertz CT molecular complexity index is 61.1. The second-order valence-electron chi connectivity index (χ2n) is 0.513. The van der Waals surface area contributed by atoms with Gasteiger partial charge >= 0.3 is 48.6 Å². The zero-order chi connectivity index (χ0) is 4.50. The van der Waals surface area contributed by atoms with E-state index in [0.29, 0.717) is 0 Å². The summed E-state index contributed by atoms with van der Waals surface area (Å²) >= 11 is 3.60. The molecule has 0 saturated heterocycles. The molecular weight excluding hydrogens is 142 g/mol. The Hall–Kier alpha value is 1.89. The van der Waals surface area contributed by atoms with Crippen molar-refractivity contribution in [2.24, 2.45) is 0 Å². The monoisotopic (exact) mass is 148 g/mol. The molecule has 0 heterocycles. The molecule has 0 aromatic carbocycles. The van der Waals surface area contributed by atoms with Gasteiger partial charge in [-0.25, -0.2) is 0 Å². The van der Waals surface area contributed by atoms with E-state index in [1.165, 1.54) is 0 Å². The number of rotatable bonds is 0. The molecule has 0 amide bonds. The number of hydrogen-bond acceptors (Lipinski definition) is 1. The largest absolute Gasteiger partial charge is 0.316 e. The molecule has 0 aromatic heterocycles. The Balaban J connectivity index is -0.0000000800. The van der Waals surface area contributed by atoms with Crippen molar-refractivity contribution in [3.8, 4) is 0 Å². The molecule has 0 unspecified atom stereocenters. The van der Waals surface area contributed by atoms with Gasteiger partial charge in [0.15, 0.2) is 0 Å². The molecule has 7 heavy (non-hydrogen) atoms. The third-order valence-corrected chi connectivity index (χ3v) is 0. The van der Waals surface area contributed by atoms with Crippen LogP contribution in [0.5, 0.6) is 0 Å². The minimum absolute atomic E-state index is 0. The maximum atomic E-state index is 7.56. The maximum Gasteiger partial charge on any atom is 0.316 e. The SMILES string of the molecule is OP(O)(O)=S.[LiH].[MgH2]. The molecule has 0 spiro atoms. The Labute approximate surface area is 74.7 Å². The average Bonchev–Trinajstić information content (AvgIpc) is 0.722. The van der Waals surface area contributed by atoms with E-state index < -0.39 is 6.72 Å². The van der Waals surface area contributed by atoms with Crippen LogP contribution in [0.15, 0.2) is 0 Å². The summed E-state index contributed by atoms with van der Waals surface area (Å²) in [4.78, 5) is 22.7. The van der Waals surface area contributed by atoms with Gasteiger partial charge in [0.2, 0.25) is 0 Å². The van der Waals surface area contributed by atoms with Gasteiger partial charge in [-0.1, -0.05) is 0 Å². The van der Waals surface area contributed by atoms with Crippen molar-refractivity contribution in [1.82, 2.24) is 0 Å². The average molecular weight is 148 g/mol. The minimum Gasteiger partial charge on any atom is 0.316 e. The van der Waals surface area contributed by atoms with E-state index in [0.717, 1.165) is 0 Å². The Kier molecular flexibility index (Phi) is 13.7. The van der Waals surface area contributed by atoms with E-state index in [1.54, 1.807) is 0 Å². The smallest absolute Gasteiger partial charge is 0.316 e. The molecule has 0 aliphatic heterocycles. The molecule has 7 heteroatoms. The molecule has 0 bridgehead atoms. The summed E-state index contributed by atoms with van der Waals surface area (Å²) in [6.45, 7) is -3.81. The van der Waals surface area contributed by atoms with E-state index in [2.05, 4.69) is 11.8 Å². The topological polar surface area (TPSA) is 60.7 Å². The van der Waals surface area contributed by atoms with Crippen molar-refractivity contribution >= 4 is 60.4 Å². The van der Waals surface area contributed by atoms with Gasteiger partial charge in [0.1, 0.15) is 0 Å². The van der Waals surface area contributed by atoms with Crippen molar-refractivity contribution < 1.29 is 14.7 Å². The molecule has 0 aliphatic carbocycles. The fourth-order valence-corrected chi connectivity index (χ4v) is 0. The first-order chi connectivity index (χ1) is 2.00. The van der Waals surface area contributed by atoms with Gasteiger partial charge in [-0.3, -0.25) is 0 Å². The van der Waals surface area contributed by atoms with E-state index in [1.807, 2.05) is 0 Å². The van der Waals surface area contributed by atoms with Crippen LogP contribution < -0.4 is 0 Å². The first kappa shape index (κ1) is 16.0. The van der Waals surface area contributed by atoms with Crippen LogP contribution in [0.1, 0.15) is 0 Å². The molecule has 0 radical (unpaired) electrons. The van der Waals surface area contributed by atoms with Crippen molar-refractivity contribution in [2.45, 2.75) is 0 Å². The molecule has 38 valence electrons. The second-order valence-corrected chi connectivity index (χ2v) is 3.01. The normalized spacial score (nSPS) is 8.43. The van der Waals surface area contributed by atoms with Crippen LogP contribution in [-0.4, -0.2) is 56.6 Å². The molecule has 0 fully saturated rings. The van der Waals surface area contributed by atoms with Crippen LogP contribution in [0, 0.1) is 0 Å². The van der Waals surface area contributed by atoms with Gasteiger partial charge in [0.25, 0.3) is 0 Å². The van der Waals surface area contributed by atoms with Crippen LogP contribution in [-0.2, 0) is 11.8 Å². The summed E-state index contributed by atoms with van der Waals surface area (Å²) in [6.07, 6.45) is 0. The summed E-state index contributed by atoms with van der Waals surface area (Å²) in [5, 5.41) is 0. The van der Waals surface area contributed by atoms with Crippen LogP contribution in [0.25, 0.3) is 0 Å². The minimum atomic E-state index is -3.81. The zero-order valence-corrected chi connectivity index (χ0v) is 3.91. The van der Waals surface area contributed by atoms with Gasteiger partial charge in [0.05, 0.1) is 0 Å². The third kappa shape index (κ3) is 76.5. The summed E-state index contributed by atoms with van der Waals surface area (Å²) in [6, 6.07) is 0. The van der Waals surface area contributed by atoms with Crippen LogP contribution in [0.4, 0.5) is 0 Å². The fraction of sp³-hybridized carbons (Fsp3) is 0. The van der Waals surface area contributed by atoms with Gasteiger partial charge in [-0.2, -0.15) is 0 Å². The van der Waals surface area contributed by atoms with Gasteiger partial charge in [0, 0.05) is 0 Å². The summed E-state index contributed by atoms with van der Waals surface area (Å²) in [7, 11) is 0. The summed E-state index contributed by atoms with van der Waals surface area (Å²) < 4.78 is 0. The maximum absolute atomic E-state index is 7.56. The Morgan fingerprint density at radius 1 is 1.14 bits per heavy atom. The van der Waals surface area contributed by atoms with Crippen molar-refractivity contribution in [2.75, 3.05) is 0 Å². The van der Waals surface area contributed by atoms with Crippen molar-refractivity contribution in [1.29, 1.82) is 0 Å².